The SMILES string of the molecule is CCCCC(N)c1cc2c(cc1Cl)OCCCO2. The molecule has 1 atom stereocenters. The van der Waals surface area contributed by atoms with Crippen molar-refractivity contribution in [3.05, 3.63) is 22.7 Å². The molecule has 18 heavy (non-hydrogen) atoms. The number of hydrogen-bond donors (Lipinski definition) is 1. The second kappa shape index (κ2) is 6.30. The maximum absolute atomic E-state index is 6.27. The summed E-state index contributed by atoms with van der Waals surface area (Å²) in [4.78, 5) is 0. The first-order chi connectivity index (χ1) is 8.72. The van der Waals surface area contributed by atoms with Gasteiger partial charge in [-0.05, 0) is 18.1 Å². The van der Waals surface area contributed by atoms with Gasteiger partial charge in [0, 0.05) is 23.6 Å². The van der Waals surface area contributed by atoms with Gasteiger partial charge in [-0.25, -0.2) is 0 Å². The summed E-state index contributed by atoms with van der Waals surface area (Å²) in [6.07, 6.45) is 4.07. The number of nitrogens with two attached hydrogens (primary N) is 1. The molecule has 1 unspecified atom stereocenters. The number of benzene rings is 1. The van der Waals surface area contributed by atoms with Crippen molar-refractivity contribution >= 4 is 11.6 Å². The lowest BCUT2D eigenvalue weighted by molar-refractivity contribution is 0.297. The van der Waals surface area contributed by atoms with Gasteiger partial charge in [0.2, 0.25) is 0 Å². The fourth-order valence-corrected chi connectivity index (χ4v) is 2.36. The summed E-state index contributed by atoms with van der Waals surface area (Å²) in [6, 6.07) is 3.72. The molecule has 4 heteroatoms. The Morgan fingerprint density at radius 1 is 1.28 bits per heavy atom. The van der Waals surface area contributed by atoms with Crippen molar-refractivity contribution in [2.24, 2.45) is 5.73 Å². The summed E-state index contributed by atoms with van der Waals surface area (Å²) in [7, 11) is 0. The van der Waals surface area contributed by atoms with Crippen LogP contribution in [-0.2, 0) is 0 Å². The summed E-state index contributed by atoms with van der Waals surface area (Å²) in [5.74, 6) is 1.49. The monoisotopic (exact) mass is 269 g/mol. The van der Waals surface area contributed by atoms with Crippen LogP contribution in [-0.4, -0.2) is 13.2 Å². The second-order valence-corrected chi connectivity index (χ2v) is 5.03. The largest absolute Gasteiger partial charge is 0.490 e. The van der Waals surface area contributed by atoms with E-state index in [0.29, 0.717) is 18.2 Å². The van der Waals surface area contributed by atoms with E-state index in [-0.39, 0.29) is 6.04 Å². The van der Waals surface area contributed by atoms with Crippen LogP contribution < -0.4 is 15.2 Å². The summed E-state index contributed by atoms with van der Waals surface area (Å²) in [5, 5.41) is 0.669. The third-order valence-electron chi connectivity index (χ3n) is 3.13. The Bertz CT molecular complexity index is 409. The lowest BCUT2D eigenvalue weighted by atomic mass is 10.0. The third kappa shape index (κ3) is 3.09. The van der Waals surface area contributed by atoms with Gasteiger partial charge in [0.15, 0.2) is 11.5 Å². The Kier molecular flexibility index (Phi) is 4.72. The van der Waals surface area contributed by atoms with E-state index in [0.717, 1.165) is 42.7 Å². The smallest absolute Gasteiger partial charge is 0.162 e. The van der Waals surface area contributed by atoms with Gasteiger partial charge in [-0.3, -0.25) is 0 Å². The van der Waals surface area contributed by atoms with Crippen LogP contribution in [0, 0.1) is 0 Å². The Balaban J connectivity index is 2.23. The van der Waals surface area contributed by atoms with Crippen molar-refractivity contribution in [2.45, 2.75) is 38.6 Å². The van der Waals surface area contributed by atoms with E-state index in [4.69, 9.17) is 26.8 Å². The average molecular weight is 270 g/mol. The molecule has 3 nitrogen and oxygen atoms in total. The summed E-state index contributed by atoms with van der Waals surface area (Å²) >= 11 is 6.27. The molecule has 100 valence electrons. The van der Waals surface area contributed by atoms with E-state index in [1.807, 2.05) is 12.1 Å². The highest BCUT2D eigenvalue weighted by Gasteiger charge is 2.17. The summed E-state index contributed by atoms with van der Waals surface area (Å²) < 4.78 is 11.3. The molecule has 0 aliphatic carbocycles. The Morgan fingerprint density at radius 2 is 1.94 bits per heavy atom. The van der Waals surface area contributed by atoms with Crippen LogP contribution >= 0.6 is 11.6 Å². The van der Waals surface area contributed by atoms with E-state index in [1.54, 1.807) is 0 Å². The van der Waals surface area contributed by atoms with E-state index in [1.165, 1.54) is 0 Å². The van der Waals surface area contributed by atoms with Gasteiger partial charge in [0.25, 0.3) is 0 Å². The number of unbranched alkanes of at least 4 members (excludes halogenated alkanes) is 1. The minimum Gasteiger partial charge on any atom is -0.490 e. The normalized spacial score (nSPS) is 16.2. The molecule has 1 aromatic carbocycles. The first-order valence-electron chi connectivity index (χ1n) is 6.57. The predicted octanol–water partition coefficient (Wildman–Crippen LogP) is 3.69. The van der Waals surface area contributed by atoms with Crippen LogP contribution in [0.5, 0.6) is 11.5 Å². The highest BCUT2D eigenvalue weighted by molar-refractivity contribution is 6.31. The van der Waals surface area contributed by atoms with E-state index in [9.17, 15) is 0 Å². The summed E-state index contributed by atoms with van der Waals surface area (Å²) in [6.45, 7) is 3.51. The molecule has 2 rings (SSSR count). The number of halogens is 1. The first kappa shape index (κ1) is 13.5. The molecular formula is C14H20ClNO2. The third-order valence-corrected chi connectivity index (χ3v) is 3.46. The Labute approximate surface area is 113 Å². The maximum Gasteiger partial charge on any atom is 0.162 e. The highest BCUT2D eigenvalue weighted by Crippen LogP contribution is 2.37. The van der Waals surface area contributed by atoms with Gasteiger partial charge in [-0.2, -0.15) is 0 Å². The van der Waals surface area contributed by atoms with Gasteiger partial charge in [-0.15, -0.1) is 0 Å². The van der Waals surface area contributed by atoms with Crippen molar-refractivity contribution in [1.29, 1.82) is 0 Å². The zero-order valence-electron chi connectivity index (χ0n) is 10.7. The van der Waals surface area contributed by atoms with Gasteiger partial charge < -0.3 is 15.2 Å². The fraction of sp³-hybridized carbons (Fsp3) is 0.571. The molecule has 0 fully saturated rings. The van der Waals surface area contributed by atoms with Crippen LogP contribution in [0.1, 0.15) is 44.2 Å². The second-order valence-electron chi connectivity index (χ2n) is 4.62. The minimum absolute atomic E-state index is 0.0328. The minimum atomic E-state index is -0.0328. The number of ether oxygens (including phenoxy) is 2. The number of fused-ring (bicyclic) bond motifs is 1. The first-order valence-corrected chi connectivity index (χ1v) is 6.94. The van der Waals surface area contributed by atoms with Gasteiger partial charge >= 0.3 is 0 Å². The number of rotatable bonds is 4. The zero-order chi connectivity index (χ0) is 13.0. The van der Waals surface area contributed by atoms with Crippen LogP contribution in [0.4, 0.5) is 0 Å². The Hall–Kier alpha value is -0.930. The predicted molar refractivity (Wildman–Crippen MR) is 73.5 cm³/mol. The lowest BCUT2D eigenvalue weighted by Crippen LogP contribution is -2.11. The van der Waals surface area contributed by atoms with Gasteiger partial charge in [-0.1, -0.05) is 31.4 Å². The molecular weight excluding hydrogens is 250 g/mol. The molecule has 1 heterocycles. The van der Waals surface area contributed by atoms with E-state index < -0.39 is 0 Å². The van der Waals surface area contributed by atoms with Crippen molar-refractivity contribution in [3.63, 3.8) is 0 Å². The molecule has 0 spiro atoms. The number of hydrogen-bond acceptors (Lipinski definition) is 3. The van der Waals surface area contributed by atoms with Crippen LogP contribution in [0.2, 0.25) is 5.02 Å². The zero-order valence-corrected chi connectivity index (χ0v) is 11.5. The maximum atomic E-state index is 6.27. The van der Waals surface area contributed by atoms with E-state index in [2.05, 4.69) is 6.92 Å². The van der Waals surface area contributed by atoms with Crippen LogP contribution in [0.3, 0.4) is 0 Å². The summed E-state index contributed by atoms with van der Waals surface area (Å²) in [5.41, 5.74) is 7.13. The molecule has 0 radical (unpaired) electrons. The van der Waals surface area contributed by atoms with Crippen LogP contribution in [0.25, 0.3) is 0 Å². The Morgan fingerprint density at radius 3 is 2.61 bits per heavy atom. The quantitative estimate of drug-likeness (QED) is 0.907. The van der Waals surface area contributed by atoms with Crippen LogP contribution in [0.15, 0.2) is 12.1 Å². The average Bonchev–Trinajstić information content (AvgIpc) is 2.59. The van der Waals surface area contributed by atoms with Crippen molar-refractivity contribution in [2.75, 3.05) is 13.2 Å². The van der Waals surface area contributed by atoms with Gasteiger partial charge in [0.05, 0.1) is 13.2 Å². The molecule has 0 bridgehead atoms. The molecule has 0 amide bonds. The fourth-order valence-electron chi connectivity index (χ4n) is 2.06. The lowest BCUT2D eigenvalue weighted by Gasteiger charge is -2.16. The van der Waals surface area contributed by atoms with Crippen molar-refractivity contribution in [1.82, 2.24) is 0 Å². The standard InChI is InChI=1S/C14H20ClNO2/c1-2-3-5-12(16)10-8-13-14(9-11(10)15)18-7-4-6-17-13/h8-9,12H,2-7,16H2,1H3. The molecule has 0 saturated heterocycles. The molecule has 1 aliphatic rings. The molecule has 2 N–H and O–H groups in total. The topological polar surface area (TPSA) is 44.5 Å². The van der Waals surface area contributed by atoms with E-state index >= 15 is 0 Å². The van der Waals surface area contributed by atoms with Crippen molar-refractivity contribution in [3.8, 4) is 11.5 Å². The molecule has 1 aliphatic heterocycles. The molecule has 0 aromatic heterocycles. The van der Waals surface area contributed by atoms with Crippen molar-refractivity contribution < 1.29 is 9.47 Å². The highest BCUT2D eigenvalue weighted by atomic mass is 35.5. The molecule has 1 aromatic rings. The van der Waals surface area contributed by atoms with Gasteiger partial charge in [0.1, 0.15) is 0 Å². The molecule has 0 saturated carbocycles.